The van der Waals surface area contributed by atoms with Crippen molar-refractivity contribution < 1.29 is 19.4 Å². The first-order valence-electron chi connectivity index (χ1n) is 3.77. The van der Waals surface area contributed by atoms with E-state index in [0.717, 1.165) is 6.26 Å². The van der Waals surface area contributed by atoms with E-state index in [2.05, 4.69) is 4.74 Å². The number of rotatable bonds is 1. The van der Waals surface area contributed by atoms with E-state index in [9.17, 15) is 9.59 Å². The van der Waals surface area contributed by atoms with E-state index >= 15 is 0 Å². The molecule has 4 heteroatoms. The molecule has 0 atom stereocenters. The molecule has 0 saturated carbocycles. The molecule has 4 nitrogen and oxygen atoms in total. The van der Waals surface area contributed by atoms with E-state index in [1.807, 2.05) is 0 Å². The Morgan fingerprint density at radius 2 is 2.23 bits per heavy atom. The van der Waals surface area contributed by atoms with Crippen LogP contribution in [-0.4, -0.2) is 24.0 Å². The number of aliphatic hydroxyl groups excluding tert-OH is 1. The first-order chi connectivity index (χ1) is 6.11. The monoisotopic (exact) mass is 182 g/mol. The Balaban J connectivity index is 3.02. The minimum absolute atomic E-state index is 0.161. The third-order valence-electron chi connectivity index (χ3n) is 2.04. The van der Waals surface area contributed by atoms with E-state index in [1.54, 1.807) is 6.92 Å². The molecule has 1 N–H and O–H groups in total. The Hall–Kier alpha value is -1.58. The van der Waals surface area contributed by atoms with Crippen molar-refractivity contribution in [1.82, 2.24) is 0 Å². The molecular formula is C9H10O4. The van der Waals surface area contributed by atoms with Crippen LogP contribution in [0.1, 0.15) is 13.3 Å². The zero-order chi connectivity index (χ0) is 10.0. The van der Waals surface area contributed by atoms with Gasteiger partial charge < -0.3 is 9.84 Å². The summed E-state index contributed by atoms with van der Waals surface area (Å²) in [5, 5.41) is 8.66. The number of ether oxygens (including phenoxy) is 1. The molecule has 70 valence electrons. The Labute approximate surface area is 75.5 Å². The van der Waals surface area contributed by atoms with Crippen molar-refractivity contribution in [2.75, 3.05) is 7.11 Å². The lowest BCUT2D eigenvalue weighted by Gasteiger charge is -1.98. The number of carbonyl (C=O) groups excluding carboxylic acids is 2. The van der Waals surface area contributed by atoms with Gasteiger partial charge in [-0.15, -0.1) is 0 Å². The molecule has 0 spiro atoms. The number of hydrogen-bond donors (Lipinski definition) is 1. The molecule has 0 amide bonds. The summed E-state index contributed by atoms with van der Waals surface area (Å²) in [6.07, 6.45) is 0.898. The van der Waals surface area contributed by atoms with Crippen LogP contribution in [0, 0.1) is 0 Å². The summed E-state index contributed by atoms with van der Waals surface area (Å²) in [5.41, 5.74) is 0.915. The average molecular weight is 182 g/mol. The molecule has 0 aromatic heterocycles. The van der Waals surface area contributed by atoms with Crippen molar-refractivity contribution in [2.24, 2.45) is 0 Å². The second-order valence-corrected chi connectivity index (χ2v) is 2.76. The lowest BCUT2D eigenvalue weighted by atomic mass is 10.2. The summed E-state index contributed by atoms with van der Waals surface area (Å²) in [6, 6.07) is 0. The van der Waals surface area contributed by atoms with Gasteiger partial charge in [0.25, 0.3) is 0 Å². The zero-order valence-electron chi connectivity index (χ0n) is 7.46. The normalized spacial score (nSPS) is 19.8. The highest BCUT2D eigenvalue weighted by atomic mass is 16.5. The largest absolute Gasteiger partial charge is 0.515 e. The van der Waals surface area contributed by atoms with Crippen LogP contribution in [0.2, 0.25) is 0 Å². The summed E-state index contributed by atoms with van der Waals surface area (Å²) in [5.74, 6) is -0.800. The van der Waals surface area contributed by atoms with Gasteiger partial charge in [0.2, 0.25) is 0 Å². The summed E-state index contributed by atoms with van der Waals surface area (Å²) >= 11 is 0. The van der Waals surface area contributed by atoms with Gasteiger partial charge in [-0.25, -0.2) is 4.79 Å². The molecule has 0 radical (unpaired) electrons. The molecule has 13 heavy (non-hydrogen) atoms. The van der Waals surface area contributed by atoms with Crippen LogP contribution in [0.4, 0.5) is 0 Å². The molecule has 0 unspecified atom stereocenters. The topological polar surface area (TPSA) is 63.6 Å². The molecule has 0 aliphatic heterocycles. The summed E-state index contributed by atoms with van der Waals surface area (Å²) in [7, 11) is 1.26. The minimum atomic E-state index is -0.511. The first-order valence-corrected chi connectivity index (χ1v) is 3.77. The van der Waals surface area contributed by atoms with E-state index < -0.39 is 5.97 Å². The molecule has 0 aromatic rings. The van der Waals surface area contributed by atoms with Gasteiger partial charge in [0.1, 0.15) is 0 Å². The van der Waals surface area contributed by atoms with Crippen molar-refractivity contribution in [3.8, 4) is 0 Å². The molecule has 1 rings (SSSR count). The Morgan fingerprint density at radius 1 is 1.62 bits per heavy atom. The average Bonchev–Trinajstić information content (AvgIpc) is 2.43. The minimum Gasteiger partial charge on any atom is -0.515 e. The maximum Gasteiger partial charge on any atom is 0.334 e. The highest BCUT2D eigenvalue weighted by Gasteiger charge is 2.29. The zero-order valence-corrected chi connectivity index (χ0v) is 7.46. The SMILES string of the molecule is COC(=O)C1=C(C)C(=O)/C(=C\O)C1. The Bertz CT molecular complexity index is 323. The van der Waals surface area contributed by atoms with Gasteiger partial charge in [0, 0.05) is 23.1 Å². The third kappa shape index (κ3) is 1.47. The summed E-state index contributed by atoms with van der Waals surface area (Å²) < 4.78 is 4.49. The molecule has 0 fully saturated rings. The smallest absolute Gasteiger partial charge is 0.334 e. The molecular weight excluding hydrogens is 172 g/mol. The molecule has 0 heterocycles. The lowest BCUT2D eigenvalue weighted by molar-refractivity contribution is -0.136. The van der Waals surface area contributed by atoms with E-state index in [-0.39, 0.29) is 17.8 Å². The van der Waals surface area contributed by atoms with Crippen molar-refractivity contribution in [2.45, 2.75) is 13.3 Å². The number of aliphatic hydroxyl groups is 1. The number of methoxy groups -OCH3 is 1. The number of allylic oxidation sites excluding steroid dienone is 2. The number of Topliss-reactive ketones (excluding diaryl/α,β-unsaturated/α-hetero) is 1. The van der Waals surface area contributed by atoms with Crippen molar-refractivity contribution in [3.63, 3.8) is 0 Å². The van der Waals surface area contributed by atoms with Gasteiger partial charge in [-0.05, 0) is 6.92 Å². The summed E-state index contributed by atoms with van der Waals surface area (Å²) in [4.78, 5) is 22.4. The second kappa shape index (κ2) is 3.43. The summed E-state index contributed by atoms with van der Waals surface area (Å²) in [6.45, 7) is 1.55. The fourth-order valence-electron chi connectivity index (χ4n) is 1.23. The van der Waals surface area contributed by atoms with E-state index in [0.29, 0.717) is 11.1 Å². The molecule has 1 aliphatic carbocycles. The predicted molar refractivity (Wildman–Crippen MR) is 45.1 cm³/mol. The van der Waals surface area contributed by atoms with Crippen LogP contribution >= 0.6 is 0 Å². The molecule has 0 aromatic carbocycles. The first kappa shape index (κ1) is 9.51. The number of carbonyl (C=O) groups is 2. The van der Waals surface area contributed by atoms with Gasteiger partial charge >= 0.3 is 5.97 Å². The standard InChI is InChI=1S/C9H10O4/c1-5-7(9(12)13-2)3-6(4-10)8(5)11/h4,10H,3H2,1-2H3/b6-4-. The van der Waals surface area contributed by atoms with Crippen molar-refractivity contribution >= 4 is 11.8 Å². The van der Waals surface area contributed by atoms with E-state index in [4.69, 9.17) is 5.11 Å². The van der Waals surface area contributed by atoms with Crippen molar-refractivity contribution in [3.05, 3.63) is 23.0 Å². The number of esters is 1. The second-order valence-electron chi connectivity index (χ2n) is 2.76. The van der Waals surface area contributed by atoms with Crippen LogP contribution in [0.15, 0.2) is 23.0 Å². The van der Waals surface area contributed by atoms with Crippen LogP contribution in [0.3, 0.4) is 0 Å². The maximum atomic E-state index is 11.3. The highest BCUT2D eigenvalue weighted by Crippen LogP contribution is 2.27. The van der Waals surface area contributed by atoms with Gasteiger partial charge in [-0.1, -0.05) is 0 Å². The quantitative estimate of drug-likeness (QED) is 0.371. The van der Waals surface area contributed by atoms with Crippen LogP contribution in [0.5, 0.6) is 0 Å². The highest BCUT2D eigenvalue weighted by molar-refractivity contribution is 6.16. The van der Waals surface area contributed by atoms with Crippen LogP contribution < -0.4 is 0 Å². The van der Waals surface area contributed by atoms with Gasteiger partial charge in [-0.3, -0.25) is 4.79 Å². The molecule has 0 saturated heterocycles. The van der Waals surface area contributed by atoms with Gasteiger partial charge in [0.15, 0.2) is 5.78 Å². The lowest BCUT2D eigenvalue weighted by Crippen LogP contribution is -2.04. The van der Waals surface area contributed by atoms with Crippen LogP contribution in [-0.2, 0) is 14.3 Å². The fourth-order valence-corrected chi connectivity index (χ4v) is 1.23. The molecule has 0 bridgehead atoms. The third-order valence-corrected chi connectivity index (χ3v) is 2.04. The van der Waals surface area contributed by atoms with Crippen molar-refractivity contribution in [1.29, 1.82) is 0 Å². The maximum absolute atomic E-state index is 11.3. The molecule has 1 aliphatic rings. The number of ketones is 1. The van der Waals surface area contributed by atoms with E-state index in [1.165, 1.54) is 7.11 Å². The van der Waals surface area contributed by atoms with Gasteiger partial charge in [-0.2, -0.15) is 0 Å². The fraction of sp³-hybridized carbons (Fsp3) is 0.333. The Morgan fingerprint density at radius 3 is 2.62 bits per heavy atom. The number of hydrogen-bond acceptors (Lipinski definition) is 4. The van der Waals surface area contributed by atoms with Gasteiger partial charge in [0.05, 0.1) is 13.4 Å². The predicted octanol–water partition coefficient (Wildman–Crippen LogP) is 0.891. The Kier molecular flexibility index (Phi) is 2.51. The van der Waals surface area contributed by atoms with Crippen LogP contribution in [0.25, 0.3) is 0 Å².